The Hall–Kier alpha value is -1.96. The molecule has 0 bridgehead atoms. The first-order valence-corrected chi connectivity index (χ1v) is 7.01. The summed E-state index contributed by atoms with van der Waals surface area (Å²) in [4.78, 5) is 6.37. The molecule has 0 aliphatic carbocycles. The highest BCUT2D eigenvalue weighted by Gasteiger charge is 2.39. The molecule has 3 heterocycles. The molecule has 1 saturated heterocycles. The lowest BCUT2D eigenvalue weighted by atomic mass is 9.97. The first-order valence-electron chi connectivity index (χ1n) is 7.01. The number of hydrogen-bond acceptors (Lipinski definition) is 7. The first-order chi connectivity index (χ1) is 9.86. The van der Waals surface area contributed by atoms with E-state index in [1.165, 1.54) is 0 Å². The van der Waals surface area contributed by atoms with Gasteiger partial charge in [0.2, 0.25) is 5.89 Å². The van der Waals surface area contributed by atoms with Crippen molar-refractivity contribution in [3.05, 3.63) is 18.3 Å². The quantitative estimate of drug-likeness (QED) is 0.885. The van der Waals surface area contributed by atoms with Gasteiger partial charge in [0.15, 0.2) is 0 Å². The van der Waals surface area contributed by atoms with Crippen LogP contribution in [-0.4, -0.2) is 48.9 Å². The summed E-state index contributed by atoms with van der Waals surface area (Å²) in [5.41, 5.74) is -1.03. The first kappa shape index (κ1) is 14.0. The lowest BCUT2D eigenvalue weighted by molar-refractivity contribution is 0.0408. The standard InChI is InChI=1S/C13H20N6O2/c1-12(2,3)10-15-11(16-21-10)18-6-4-13(20,8-18)9-19-7-5-14-17-19/h5,7,20H,4,6,8-9H2,1-3H3. The molecule has 8 nitrogen and oxygen atoms in total. The summed E-state index contributed by atoms with van der Waals surface area (Å²) in [7, 11) is 0. The summed E-state index contributed by atoms with van der Waals surface area (Å²) in [6, 6.07) is 0. The number of anilines is 1. The van der Waals surface area contributed by atoms with Crippen LogP contribution in [-0.2, 0) is 12.0 Å². The average Bonchev–Trinajstić information content (AvgIpc) is 3.08. The molecule has 2 aromatic rings. The molecular weight excluding hydrogens is 272 g/mol. The van der Waals surface area contributed by atoms with Crippen LogP contribution in [0.25, 0.3) is 0 Å². The van der Waals surface area contributed by atoms with Gasteiger partial charge in [0.25, 0.3) is 5.95 Å². The molecule has 1 aliphatic rings. The zero-order valence-corrected chi connectivity index (χ0v) is 12.5. The van der Waals surface area contributed by atoms with Crippen LogP contribution in [0.15, 0.2) is 16.9 Å². The number of aromatic nitrogens is 5. The number of aliphatic hydroxyl groups is 1. The highest BCUT2D eigenvalue weighted by molar-refractivity contribution is 5.32. The summed E-state index contributed by atoms with van der Waals surface area (Å²) < 4.78 is 6.94. The molecule has 21 heavy (non-hydrogen) atoms. The van der Waals surface area contributed by atoms with Crippen LogP contribution in [0.4, 0.5) is 5.95 Å². The topological polar surface area (TPSA) is 93.1 Å². The molecule has 0 spiro atoms. The summed E-state index contributed by atoms with van der Waals surface area (Å²) >= 11 is 0. The molecule has 2 aromatic heterocycles. The van der Waals surface area contributed by atoms with Crippen molar-refractivity contribution in [3.63, 3.8) is 0 Å². The third kappa shape index (κ3) is 2.90. The zero-order valence-electron chi connectivity index (χ0n) is 12.5. The Bertz CT molecular complexity index is 602. The van der Waals surface area contributed by atoms with Crippen LogP contribution in [0.1, 0.15) is 33.1 Å². The summed E-state index contributed by atoms with van der Waals surface area (Å²) in [6.45, 7) is 7.62. The Kier molecular flexibility index (Phi) is 3.20. The van der Waals surface area contributed by atoms with E-state index in [-0.39, 0.29) is 5.41 Å². The molecule has 1 unspecified atom stereocenters. The van der Waals surface area contributed by atoms with Crippen molar-refractivity contribution in [1.82, 2.24) is 25.1 Å². The molecule has 1 fully saturated rings. The van der Waals surface area contributed by atoms with Crippen molar-refractivity contribution in [2.24, 2.45) is 0 Å². The third-order valence-corrected chi connectivity index (χ3v) is 3.60. The maximum absolute atomic E-state index is 10.6. The van der Waals surface area contributed by atoms with Gasteiger partial charge in [-0.15, -0.1) is 5.10 Å². The van der Waals surface area contributed by atoms with Crippen LogP contribution in [0.5, 0.6) is 0 Å². The molecule has 0 aromatic carbocycles. The Morgan fingerprint density at radius 2 is 2.24 bits per heavy atom. The van der Waals surface area contributed by atoms with Crippen LogP contribution < -0.4 is 4.90 Å². The number of hydrogen-bond donors (Lipinski definition) is 1. The zero-order chi connectivity index (χ0) is 15.1. The number of β-amino-alcohol motifs (C(OH)–C–C–N with tert-alkyl or cyclic N) is 1. The molecule has 114 valence electrons. The van der Waals surface area contributed by atoms with E-state index >= 15 is 0 Å². The monoisotopic (exact) mass is 292 g/mol. The summed E-state index contributed by atoms with van der Waals surface area (Å²) in [6.07, 6.45) is 3.98. The second-order valence-corrected chi connectivity index (χ2v) is 6.65. The lowest BCUT2D eigenvalue weighted by Crippen LogP contribution is -2.38. The highest BCUT2D eigenvalue weighted by atomic mass is 16.5. The Labute approximate surface area is 122 Å². The van der Waals surface area contributed by atoms with Gasteiger partial charge in [-0.1, -0.05) is 26.0 Å². The van der Waals surface area contributed by atoms with Crippen molar-refractivity contribution < 1.29 is 9.63 Å². The molecule has 0 radical (unpaired) electrons. The van der Waals surface area contributed by atoms with Gasteiger partial charge >= 0.3 is 0 Å². The Morgan fingerprint density at radius 1 is 1.43 bits per heavy atom. The fraction of sp³-hybridized carbons (Fsp3) is 0.692. The van der Waals surface area contributed by atoms with Crippen LogP contribution >= 0.6 is 0 Å². The molecule has 1 N–H and O–H groups in total. The molecule has 1 aliphatic heterocycles. The number of nitrogens with zero attached hydrogens (tertiary/aromatic N) is 6. The minimum absolute atomic E-state index is 0.179. The third-order valence-electron chi connectivity index (χ3n) is 3.60. The average molecular weight is 292 g/mol. The smallest absolute Gasteiger partial charge is 0.266 e. The van der Waals surface area contributed by atoms with E-state index in [0.717, 1.165) is 0 Å². The fourth-order valence-corrected chi connectivity index (χ4v) is 2.42. The fourth-order valence-electron chi connectivity index (χ4n) is 2.42. The van der Waals surface area contributed by atoms with Crippen molar-refractivity contribution in [1.29, 1.82) is 0 Å². The van der Waals surface area contributed by atoms with Gasteiger partial charge in [-0.2, -0.15) is 4.98 Å². The van der Waals surface area contributed by atoms with E-state index in [9.17, 15) is 5.11 Å². The van der Waals surface area contributed by atoms with Crippen molar-refractivity contribution >= 4 is 5.95 Å². The van der Waals surface area contributed by atoms with Crippen molar-refractivity contribution in [2.45, 2.75) is 44.8 Å². The van der Waals surface area contributed by atoms with Crippen molar-refractivity contribution in [3.8, 4) is 0 Å². The second-order valence-electron chi connectivity index (χ2n) is 6.65. The maximum Gasteiger partial charge on any atom is 0.266 e. The van der Waals surface area contributed by atoms with E-state index in [4.69, 9.17) is 4.52 Å². The van der Waals surface area contributed by atoms with Crippen LogP contribution in [0, 0.1) is 0 Å². The molecule has 3 rings (SSSR count). The van der Waals surface area contributed by atoms with E-state index in [0.29, 0.717) is 37.9 Å². The summed E-state index contributed by atoms with van der Waals surface area (Å²) in [5.74, 6) is 1.14. The largest absolute Gasteiger partial charge is 0.386 e. The second kappa shape index (κ2) is 4.80. The maximum atomic E-state index is 10.6. The normalized spacial score (nSPS) is 23.0. The molecule has 8 heteroatoms. The van der Waals surface area contributed by atoms with Gasteiger partial charge in [-0.05, 0) is 11.6 Å². The predicted molar refractivity (Wildman–Crippen MR) is 74.8 cm³/mol. The minimum Gasteiger partial charge on any atom is -0.386 e. The predicted octanol–water partition coefficient (Wildman–Crippen LogP) is 0.600. The Morgan fingerprint density at radius 3 is 2.86 bits per heavy atom. The van der Waals surface area contributed by atoms with E-state index in [2.05, 4.69) is 20.5 Å². The van der Waals surface area contributed by atoms with E-state index in [1.54, 1.807) is 17.1 Å². The molecular formula is C13H20N6O2. The van der Waals surface area contributed by atoms with E-state index in [1.807, 2.05) is 25.7 Å². The highest BCUT2D eigenvalue weighted by Crippen LogP contribution is 2.28. The molecule has 0 saturated carbocycles. The van der Waals surface area contributed by atoms with Crippen LogP contribution in [0.2, 0.25) is 0 Å². The Balaban J connectivity index is 1.70. The molecule has 0 amide bonds. The SMILES string of the molecule is CC(C)(C)c1nc(N2CCC(O)(Cn3ccnn3)C2)no1. The van der Waals surface area contributed by atoms with Crippen LogP contribution in [0.3, 0.4) is 0 Å². The van der Waals surface area contributed by atoms with Gasteiger partial charge in [0, 0.05) is 18.2 Å². The van der Waals surface area contributed by atoms with Gasteiger partial charge in [-0.3, -0.25) is 0 Å². The van der Waals surface area contributed by atoms with E-state index < -0.39 is 5.60 Å². The van der Waals surface area contributed by atoms with Crippen molar-refractivity contribution in [2.75, 3.05) is 18.0 Å². The number of rotatable bonds is 3. The lowest BCUT2D eigenvalue weighted by Gasteiger charge is -2.22. The molecule has 1 atom stereocenters. The van der Waals surface area contributed by atoms with Gasteiger partial charge in [0.1, 0.15) is 5.60 Å². The van der Waals surface area contributed by atoms with Gasteiger partial charge < -0.3 is 14.5 Å². The van der Waals surface area contributed by atoms with Gasteiger partial charge in [-0.25, -0.2) is 4.68 Å². The summed E-state index contributed by atoms with van der Waals surface area (Å²) in [5, 5.41) is 22.3. The van der Waals surface area contributed by atoms with Gasteiger partial charge in [0.05, 0.1) is 19.3 Å². The minimum atomic E-state index is -0.851.